The van der Waals surface area contributed by atoms with Crippen LogP contribution in [0.1, 0.15) is 13.3 Å². The first-order chi connectivity index (χ1) is 11.1. The summed E-state index contributed by atoms with van der Waals surface area (Å²) >= 11 is 0. The zero-order valence-corrected chi connectivity index (χ0v) is 13.2. The molecule has 0 radical (unpaired) electrons. The number of fused-ring (bicyclic) bond motifs is 1. The van der Waals surface area contributed by atoms with Crippen molar-refractivity contribution in [2.24, 2.45) is 5.92 Å². The van der Waals surface area contributed by atoms with E-state index in [1.807, 2.05) is 37.3 Å². The Morgan fingerprint density at radius 2 is 1.87 bits per heavy atom. The molecule has 0 aliphatic carbocycles. The lowest BCUT2D eigenvalue weighted by atomic mass is 10.1. The van der Waals surface area contributed by atoms with Crippen molar-refractivity contribution >= 4 is 22.6 Å². The number of carbonyl (C=O) groups is 2. The minimum Gasteiger partial charge on any atom is -0.497 e. The van der Waals surface area contributed by atoms with Crippen molar-refractivity contribution < 1.29 is 19.1 Å². The Morgan fingerprint density at radius 3 is 2.52 bits per heavy atom. The van der Waals surface area contributed by atoms with Gasteiger partial charge in [-0.3, -0.25) is 9.59 Å². The second-order valence-corrected chi connectivity index (χ2v) is 5.63. The predicted octanol–water partition coefficient (Wildman–Crippen LogP) is 2.62. The van der Waals surface area contributed by atoms with Crippen LogP contribution < -0.4 is 9.47 Å². The molecule has 23 heavy (non-hydrogen) atoms. The minimum absolute atomic E-state index is 0.0118. The van der Waals surface area contributed by atoms with Crippen molar-refractivity contribution in [3.63, 3.8) is 0 Å². The number of amides is 1. The summed E-state index contributed by atoms with van der Waals surface area (Å²) < 4.78 is 10.7. The number of hydrogen-bond donors (Lipinski definition) is 0. The zero-order valence-electron chi connectivity index (χ0n) is 13.2. The summed E-state index contributed by atoms with van der Waals surface area (Å²) in [4.78, 5) is 25.7. The fraction of sp³-hybridized carbons (Fsp3) is 0.333. The molecule has 0 bridgehead atoms. The molecule has 1 saturated heterocycles. The SMILES string of the molecule is CCN1CC(C(=O)Oc2ccc3ccc(OC)cc3c2)CC1=O. The third-order valence-electron chi connectivity index (χ3n) is 4.17. The highest BCUT2D eigenvalue weighted by Gasteiger charge is 2.34. The molecule has 1 aliphatic heterocycles. The lowest BCUT2D eigenvalue weighted by molar-refractivity contribution is -0.139. The summed E-state index contributed by atoms with van der Waals surface area (Å²) in [5.41, 5.74) is 0. The van der Waals surface area contributed by atoms with E-state index in [0.29, 0.717) is 18.8 Å². The van der Waals surface area contributed by atoms with E-state index < -0.39 is 0 Å². The van der Waals surface area contributed by atoms with Crippen LogP contribution in [0.4, 0.5) is 0 Å². The van der Waals surface area contributed by atoms with Crippen molar-refractivity contribution in [2.75, 3.05) is 20.2 Å². The molecule has 1 unspecified atom stereocenters. The number of hydrogen-bond acceptors (Lipinski definition) is 4. The maximum Gasteiger partial charge on any atom is 0.316 e. The summed E-state index contributed by atoms with van der Waals surface area (Å²) in [6.45, 7) is 2.97. The van der Waals surface area contributed by atoms with E-state index in [9.17, 15) is 9.59 Å². The van der Waals surface area contributed by atoms with E-state index in [0.717, 1.165) is 16.5 Å². The van der Waals surface area contributed by atoms with Crippen LogP contribution in [0.15, 0.2) is 36.4 Å². The van der Waals surface area contributed by atoms with Gasteiger partial charge in [0.15, 0.2) is 0 Å². The van der Waals surface area contributed by atoms with Crippen molar-refractivity contribution in [1.82, 2.24) is 4.90 Å². The molecule has 0 N–H and O–H groups in total. The van der Waals surface area contributed by atoms with Gasteiger partial charge in [0.1, 0.15) is 11.5 Å². The maximum atomic E-state index is 12.3. The van der Waals surface area contributed by atoms with Crippen molar-refractivity contribution in [3.05, 3.63) is 36.4 Å². The largest absolute Gasteiger partial charge is 0.497 e. The monoisotopic (exact) mass is 313 g/mol. The van der Waals surface area contributed by atoms with E-state index in [1.165, 1.54) is 0 Å². The highest BCUT2D eigenvalue weighted by atomic mass is 16.5. The van der Waals surface area contributed by atoms with E-state index in [4.69, 9.17) is 9.47 Å². The number of nitrogens with zero attached hydrogens (tertiary/aromatic N) is 1. The van der Waals surface area contributed by atoms with Gasteiger partial charge < -0.3 is 14.4 Å². The van der Waals surface area contributed by atoms with Crippen molar-refractivity contribution in [3.8, 4) is 11.5 Å². The molecule has 1 amide bonds. The minimum atomic E-state index is -0.386. The Labute approximate surface area is 134 Å². The molecule has 5 heteroatoms. The Hall–Kier alpha value is -2.56. The highest BCUT2D eigenvalue weighted by Crippen LogP contribution is 2.26. The van der Waals surface area contributed by atoms with Gasteiger partial charge in [-0.05, 0) is 42.0 Å². The maximum absolute atomic E-state index is 12.3. The normalized spacial score (nSPS) is 17.6. The first-order valence-electron chi connectivity index (χ1n) is 7.68. The number of ether oxygens (including phenoxy) is 2. The number of likely N-dealkylation sites (tertiary alicyclic amines) is 1. The zero-order chi connectivity index (χ0) is 16.4. The smallest absolute Gasteiger partial charge is 0.316 e. The first kappa shape index (κ1) is 15.3. The number of rotatable bonds is 4. The molecular weight excluding hydrogens is 294 g/mol. The Bertz CT molecular complexity index is 756. The molecule has 0 aromatic heterocycles. The Morgan fingerprint density at radius 1 is 1.17 bits per heavy atom. The fourth-order valence-corrected chi connectivity index (χ4v) is 2.83. The van der Waals surface area contributed by atoms with Gasteiger partial charge in [-0.2, -0.15) is 0 Å². The Kier molecular flexibility index (Phi) is 4.19. The first-order valence-corrected chi connectivity index (χ1v) is 7.68. The Balaban J connectivity index is 1.76. The molecule has 1 fully saturated rings. The summed E-state index contributed by atoms with van der Waals surface area (Å²) in [5, 5.41) is 1.98. The van der Waals surface area contributed by atoms with E-state index in [1.54, 1.807) is 18.1 Å². The second-order valence-electron chi connectivity index (χ2n) is 5.63. The van der Waals surface area contributed by atoms with Crippen molar-refractivity contribution in [1.29, 1.82) is 0 Å². The standard InChI is InChI=1S/C18H19NO4/c1-3-19-11-14(10-17(19)20)18(21)23-16-7-5-12-4-6-15(22-2)8-13(12)9-16/h4-9,14H,3,10-11H2,1-2H3. The van der Waals surface area contributed by atoms with Crippen LogP contribution >= 0.6 is 0 Å². The van der Waals surface area contributed by atoms with E-state index >= 15 is 0 Å². The fourth-order valence-electron chi connectivity index (χ4n) is 2.83. The van der Waals surface area contributed by atoms with Crippen LogP contribution in [-0.2, 0) is 9.59 Å². The molecule has 2 aromatic rings. The third kappa shape index (κ3) is 3.13. The van der Waals surface area contributed by atoms with Gasteiger partial charge in [0.05, 0.1) is 13.0 Å². The van der Waals surface area contributed by atoms with Crippen LogP contribution in [0.2, 0.25) is 0 Å². The summed E-state index contributed by atoms with van der Waals surface area (Å²) in [7, 11) is 1.61. The number of esters is 1. The van der Waals surface area contributed by atoms with Crippen molar-refractivity contribution in [2.45, 2.75) is 13.3 Å². The molecule has 120 valence electrons. The molecular formula is C18H19NO4. The number of benzene rings is 2. The second kappa shape index (κ2) is 6.28. The van der Waals surface area contributed by atoms with Gasteiger partial charge in [0.2, 0.25) is 5.91 Å². The van der Waals surface area contributed by atoms with Crippen LogP contribution in [0.25, 0.3) is 10.8 Å². The highest BCUT2D eigenvalue weighted by molar-refractivity contribution is 5.89. The van der Waals surface area contributed by atoms with Gasteiger partial charge in [-0.15, -0.1) is 0 Å². The average Bonchev–Trinajstić information content (AvgIpc) is 2.95. The summed E-state index contributed by atoms with van der Waals surface area (Å²) in [6, 6.07) is 11.2. The number of carbonyl (C=O) groups excluding carboxylic acids is 2. The molecule has 5 nitrogen and oxygen atoms in total. The van der Waals surface area contributed by atoms with Crippen LogP contribution in [0.3, 0.4) is 0 Å². The third-order valence-corrected chi connectivity index (χ3v) is 4.17. The molecule has 3 rings (SSSR count). The van der Waals surface area contributed by atoms with Crippen LogP contribution in [0.5, 0.6) is 11.5 Å². The number of methoxy groups -OCH3 is 1. The lowest BCUT2D eigenvalue weighted by Gasteiger charge is -2.13. The lowest BCUT2D eigenvalue weighted by Crippen LogP contribution is -2.27. The molecule has 1 aliphatic rings. The summed E-state index contributed by atoms with van der Waals surface area (Å²) in [5.74, 6) is 0.511. The molecule has 1 heterocycles. The van der Waals surface area contributed by atoms with Gasteiger partial charge in [-0.25, -0.2) is 0 Å². The van der Waals surface area contributed by atoms with E-state index in [-0.39, 0.29) is 24.2 Å². The van der Waals surface area contributed by atoms with Gasteiger partial charge >= 0.3 is 5.97 Å². The molecule has 0 spiro atoms. The van der Waals surface area contributed by atoms with Gasteiger partial charge in [0.25, 0.3) is 0 Å². The predicted molar refractivity (Wildman–Crippen MR) is 86.5 cm³/mol. The molecule has 0 saturated carbocycles. The molecule has 2 aromatic carbocycles. The van der Waals surface area contributed by atoms with Gasteiger partial charge in [-0.1, -0.05) is 12.1 Å². The van der Waals surface area contributed by atoms with Gasteiger partial charge in [0, 0.05) is 19.5 Å². The average molecular weight is 313 g/mol. The quantitative estimate of drug-likeness (QED) is 0.643. The topological polar surface area (TPSA) is 55.8 Å². The molecule has 1 atom stereocenters. The van der Waals surface area contributed by atoms with Crippen LogP contribution in [0, 0.1) is 5.92 Å². The van der Waals surface area contributed by atoms with Crippen LogP contribution in [-0.4, -0.2) is 37.0 Å². The van der Waals surface area contributed by atoms with E-state index in [2.05, 4.69) is 0 Å². The summed E-state index contributed by atoms with van der Waals surface area (Å²) in [6.07, 6.45) is 0.230.